The van der Waals surface area contributed by atoms with Gasteiger partial charge < -0.3 is 14.2 Å². The molecule has 6 heteroatoms. The number of aryl methyl sites for hydroxylation is 1. The van der Waals surface area contributed by atoms with Crippen molar-refractivity contribution in [3.05, 3.63) is 58.4 Å². The lowest BCUT2D eigenvalue weighted by Gasteiger charge is -2.22. The second-order valence-electron chi connectivity index (χ2n) is 7.88. The van der Waals surface area contributed by atoms with Crippen LogP contribution in [0.1, 0.15) is 63.9 Å². The van der Waals surface area contributed by atoms with Crippen LogP contribution in [0, 0.1) is 13.8 Å². The van der Waals surface area contributed by atoms with E-state index in [1.54, 1.807) is 30.4 Å². The van der Waals surface area contributed by atoms with Crippen molar-refractivity contribution in [2.24, 2.45) is 7.05 Å². The van der Waals surface area contributed by atoms with Crippen LogP contribution in [0.4, 0.5) is 0 Å². The Morgan fingerprint density at radius 1 is 1.13 bits per heavy atom. The van der Waals surface area contributed by atoms with Crippen molar-refractivity contribution in [2.45, 2.75) is 52.5 Å². The Kier molecular flexibility index (Phi) is 6.75. The number of carbonyl (C=O) groups is 3. The van der Waals surface area contributed by atoms with E-state index < -0.39 is 5.97 Å². The minimum Gasteiger partial charge on any atom is -0.461 e. The fourth-order valence-corrected chi connectivity index (χ4v) is 3.96. The van der Waals surface area contributed by atoms with Gasteiger partial charge in [0.25, 0.3) is 0 Å². The van der Waals surface area contributed by atoms with Crippen molar-refractivity contribution in [3.8, 4) is 0 Å². The lowest BCUT2D eigenvalue weighted by atomic mass is 10.0. The number of amides is 1. The van der Waals surface area contributed by atoms with Crippen LogP contribution >= 0.6 is 0 Å². The highest BCUT2D eigenvalue weighted by Gasteiger charge is 2.35. The summed E-state index contributed by atoms with van der Waals surface area (Å²) in [5.74, 6) is -0.555. The van der Waals surface area contributed by atoms with E-state index in [1.165, 1.54) is 0 Å². The van der Waals surface area contributed by atoms with Crippen molar-refractivity contribution in [3.63, 3.8) is 0 Å². The van der Waals surface area contributed by atoms with Crippen molar-refractivity contribution in [2.75, 3.05) is 13.2 Å². The minimum atomic E-state index is -0.433. The zero-order valence-corrected chi connectivity index (χ0v) is 18.2. The van der Waals surface area contributed by atoms with Gasteiger partial charge in [-0.25, -0.2) is 4.79 Å². The fourth-order valence-electron chi connectivity index (χ4n) is 3.96. The highest BCUT2D eigenvalue weighted by Crippen LogP contribution is 2.29. The first-order valence-electron chi connectivity index (χ1n) is 10.5. The molecule has 30 heavy (non-hydrogen) atoms. The third kappa shape index (κ3) is 4.64. The molecule has 1 amide bonds. The molecule has 0 radical (unpaired) electrons. The molecule has 0 N–H and O–H groups in total. The number of benzene rings is 1. The molecule has 0 spiro atoms. The van der Waals surface area contributed by atoms with Gasteiger partial charge in [-0.3, -0.25) is 9.59 Å². The monoisotopic (exact) mass is 410 g/mol. The fraction of sp³-hybridized carbons (Fsp3) is 0.458. The lowest BCUT2D eigenvalue weighted by molar-refractivity contribution is -0.131. The molecular weight excluding hydrogens is 380 g/mol. The van der Waals surface area contributed by atoms with E-state index in [-0.39, 0.29) is 30.9 Å². The Hall–Kier alpha value is -2.89. The third-order valence-electron chi connectivity index (χ3n) is 5.77. The summed E-state index contributed by atoms with van der Waals surface area (Å²) in [4.78, 5) is 40.1. The van der Waals surface area contributed by atoms with Gasteiger partial charge in [0.1, 0.15) is 5.69 Å². The number of nitrogens with zero attached hydrogens (tertiary/aromatic N) is 2. The summed E-state index contributed by atoms with van der Waals surface area (Å²) in [6.07, 6.45) is 2.92. The number of hydrogen-bond donors (Lipinski definition) is 0. The van der Waals surface area contributed by atoms with Gasteiger partial charge in [0.2, 0.25) is 5.91 Å². The van der Waals surface area contributed by atoms with E-state index in [4.69, 9.17) is 4.74 Å². The topological polar surface area (TPSA) is 68.6 Å². The van der Waals surface area contributed by atoms with Crippen molar-refractivity contribution in [1.29, 1.82) is 0 Å². The molecule has 2 aromatic rings. The zero-order chi connectivity index (χ0) is 21.8. The van der Waals surface area contributed by atoms with Crippen LogP contribution in [-0.4, -0.2) is 46.3 Å². The highest BCUT2D eigenvalue weighted by molar-refractivity contribution is 6.04. The van der Waals surface area contributed by atoms with Crippen LogP contribution in [0.3, 0.4) is 0 Å². The standard InChI is InChI=1S/C24H30N2O4/c1-5-30-24(29)23-16(2)22(17(3)25(23)4)20(27)15-26(19-12-13-19)21(28)14-11-18-9-7-6-8-10-18/h6-10,19H,5,11-15H2,1-4H3. The van der Waals surface area contributed by atoms with E-state index in [2.05, 4.69) is 0 Å². The van der Waals surface area contributed by atoms with Crippen LogP contribution in [-0.2, 0) is 23.0 Å². The molecule has 1 aromatic heterocycles. The molecule has 3 rings (SSSR count). The van der Waals surface area contributed by atoms with Crippen LogP contribution in [0.25, 0.3) is 0 Å². The van der Waals surface area contributed by atoms with Crippen LogP contribution in [0.5, 0.6) is 0 Å². The van der Waals surface area contributed by atoms with Crippen molar-refractivity contribution in [1.82, 2.24) is 9.47 Å². The van der Waals surface area contributed by atoms with E-state index in [1.807, 2.05) is 37.3 Å². The Labute approximate surface area is 177 Å². The second-order valence-corrected chi connectivity index (χ2v) is 7.88. The molecule has 0 atom stereocenters. The quantitative estimate of drug-likeness (QED) is 0.468. The number of ketones is 1. The van der Waals surface area contributed by atoms with Crippen LogP contribution < -0.4 is 0 Å². The molecule has 1 fully saturated rings. The van der Waals surface area contributed by atoms with Gasteiger partial charge in [-0.2, -0.15) is 0 Å². The number of rotatable bonds is 9. The molecule has 0 bridgehead atoms. The Morgan fingerprint density at radius 3 is 2.40 bits per heavy atom. The predicted molar refractivity (Wildman–Crippen MR) is 115 cm³/mol. The molecular formula is C24H30N2O4. The normalized spacial score (nSPS) is 13.2. The van der Waals surface area contributed by atoms with E-state index >= 15 is 0 Å². The number of esters is 1. The van der Waals surface area contributed by atoms with E-state index in [0.29, 0.717) is 35.4 Å². The number of Topliss-reactive ketones (excluding diaryl/α,β-unsaturated/α-hetero) is 1. The van der Waals surface area contributed by atoms with Gasteiger partial charge in [0.05, 0.1) is 13.2 Å². The highest BCUT2D eigenvalue weighted by atomic mass is 16.5. The maximum absolute atomic E-state index is 13.2. The minimum absolute atomic E-state index is 0.00607. The molecule has 1 aliphatic carbocycles. The lowest BCUT2D eigenvalue weighted by Crippen LogP contribution is -2.38. The van der Waals surface area contributed by atoms with Gasteiger partial charge >= 0.3 is 5.97 Å². The Balaban J connectivity index is 1.75. The second kappa shape index (κ2) is 9.28. The maximum Gasteiger partial charge on any atom is 0.355 e. The molecule has 0 aliphatic heterocycles. The Morgan fingerprint density at radius 2 is 1.80 bits per heavy atom. The SMILES string of the molecule is CCOC(=O)c1c(C)c(C(=O)CN(C(=O)CCc2ccccc2)C2CC2)c(C)n1C. The molecule has 1 heterocycles. The summed E-state index contributed by atoms with van der Waals surface area (Å²) in [5.41, 5.74) is 3.36. The van der Waals surface area contributed by atoms with Crippen LogP contribution in [0.2, 0.25) is 0 Å². The van der Waals surface area contributed by atoms with Gasteiger partial charge in [-0.15, -0.1) is 0 Å². The number of ether oxygens (including phenoxy) is 1. The van der Waals surface area contributed by atoms with Crippen molar-refractivity contribution < 1.29 is 19.1 Å². The summed E-state index contributed by atoms with van der Waals surface area (Å²) < 4.78 is 6.85. The van der Waals surface area contributed by atoms with E-state index in [0.717, 1.165) is 18.4 Å². The van der Waals surface area contributed by atoms with Gasteiger partial charge in [-0.1, -0.05) is 30.3 Å². The smallest absolute Gasteiger partial charge is 0.355 e. The van der Waals surface area contributed by atoms with Crippen molar-refractivity contribution >= 4 is 17.7 Å². The molecule has 6 nitrogen and oxygen atoms in total. The number of carbonyl (C=O) groups excluding carboxylic acids is 3. The average Bonchev–Trinajstić information content (AvgIpc) is 3.53. The molecule has 1 aliphatic rings. The van der Waals surface area contributed by atoms with Gasteiger partial charge in [0.15, 0.2) is 5.78 Å². The summed E-state index contributed by atoms with van der Waals surface area (Å²) in [7, 11) is 1.76. The van der Waals surface area contributed by atoms with E-state index in [9.17, 15) is 14.4 Å². The first-order valence-corrected chi connectivity index (χ1v) is 10.5. The average molecular weight is 411 g/mol. The summed E-state index contributed by atoms with van der Waals surface area (Å²) in [5, 5.41) is 0. The number of aromatic nitrogens is 1. The predicted octanol–water partition coefficient (Wildman–Crippen LogP) is 3.63. The van der Waals surface area contributed by atoms with Crippen LogP contribution in [0.15, 0.2) is 30.3 Å². The van der Waals surface area contributed by atoms with Gasteiger partial charge in [0, 0.05) is 30.8 Å². The summed E-state index contributed by atoms with van der Waals surface area (Å²) in [6, 6.07) is 10.0. The zero-order valence-electron chi connectivity index (χ0n) is 18.2. The first kappa shape index (κ1) is 21.8. The third-order valence-corrected chi connectivity index (χ3v) is 5.77. The Bertz CT molecular complexity index is 942. The molecule has 160 valence electrons. The molecule has 1 aromatic carbocycles. The summed E-state index contributed by atoms with van der Waals surface area (Å²) >= 11 is 0. The molecule has 1 saturated carbocycles. The van der Waals surface area contributed by atoms with Gasteiger partial charge in [-0.05, 0) is 51.2 Å². The number of hydrogen-bond acceptors (Lipinski definition) is 4. The summed E-state index contributed by atoms with van der Waals surface area (Å²) in [6.45, 7) is 5.67. The first-order chi connectivity index (χ1) is 14.3. The largest absolute Gasteiger partial charge is 0.461 e. The molecule has 0 saturated heterocycles. The maximum atomic E-state index is 13.2. The molecule has 0 unspecified atom stereocenters.